The molecule has 0 spiro atoms. The van der Waals surface area contributed by atoms with Gasteiger partial charge in [-0.2, -0.15) is 0 Å². The lowest BCUT2D eigenvalue weighted by atomic mass is 9.88. The molecule has 1 heterocycles. The van der Waals surface area contributed by atoms with Crippen molar-refractivity contribution >= 4 is 5.97 Å². The lowest BCUT2D eigenvalue weighted by Crippen LogP contribution is -2.27. The van der Waals surface area contributed by atoms with Crippen LogP contribution in [0.2, 0.25) is 0 Å². The topological polar surface area (TPSA) is 96.0 Å². The highest BCUT2D eigenvalue weighted by Crippen LogP contribution is 2.39. The van der Waals surface area contributed by atoms with Crippen LogP contribution in [0.1, 0.15) is 94.8 Å². The quantitative estimate of drug-likeness (QED) is 0.0659. The molecule has 8 nitrogen and oxygen atoms in total. The highest BCUT2D eigenvalue weighted by Gasteiger charge is 2.43. The summed E-state index contributed by atoms with van der Waals surface area (Å²) < 4.78 is 36.0. The highest BCUT2D eigenvalue weighted by atomic mass is 16.7. The maximum Gasteiger partial charge on any atom is 0.343 e. The van der Waals surface area contributed by atoms with E-state index < -0.39 is 5.97 Å². The zero-order valence-electron chi connectivity index (χ0n) is 29.0. The Morgan fingerprint density at radius 3 is 1.73 bits per heavy atom. The second-order valence-corrected chi connectivity index (χ2v) is 13.9. The van der Waals surface area contributed by atoms with Crippen LogP contribution in [0.4, 0.5) is 0 Å². The van der Waals surface area contributed by atoms with Gasteiger partial charge in [0.2, 0.25) is 0 Å². The first kappa shape index (κ1) is 35.4. The summed E-state index contributed by atoms with van der Waals surface area (Å²) in [6.45, 7) is 5.59. The van der Waals surface area contributed by atoms with E-state index in [1.807, 2.05) is 36.4 Å². The van der Waals surface area contributed by atoms with Crippen LogP contribution in [0, 0.1) is 11.8 Å². The molecular formula is C41H52O8. The number of fused-ring (bicyclic) bond motifs is 1. The van der Waals surface area contributed by atoms with Crippen molar-refractivity contribution in [3.05, 3.63) is 78.4 Å². The standard InChI is InChI=1S/C41H52O8/c1-3-5-39(44-26-28-7-16-33(42)17-8-28)47-35-22-14-32(15-23-35)41(43)48-36-20-12-31(13-21-36)30-10-18-34(19-11-30)46-40(6-4-2)45-27-29-9-24-37-38(25-29)49-37/h10-15,18-23,28-29,33,37-40,42H,3-9,16-17,24-27H2,1-2H3. The summed E-state index contributed by atoms with van der Waals surface area (Å²) in [6.07, 6.45) is 10.8. The fourth-order valence-electron chi connectivity index (χ4n) is 6.84. The lowest BCUT2D eigenvalue weighted by molar-refractivity contribution is -0.101. The van der Waals surface area contributed by atoms with Crippen LogP contribution < -0.4 is 14.2 Å². The van der Waals surface area contributed by atoms with Crippen molar-refractivity contribution in [2.45, 2.75) is 115 Å². The van der Waals surface area contributed by atoms with Gasteiger partial charge in [0.05, 0.1) is 37.1 Å². The molecular weight excluding hydrogens is 620 g/mol. The molecule has 6 rings (SSSR count). The average molecular weight is 673 g/mol. The Bertz CT molecular complexity index is 1430. The summed E-state index contributed by atoms with van der Waals surface area (Å²) in [4.78, 5) is 12.9. The van der Waals surface area contributed by atoms with Crippen molar-refractivity contribution in [1.29, 1.82) is 0 Å². The summed E-state index contributed by atoms with van der Waals surface area (Å²) in [7, 11) is 0. The van der Waals surface area contributed by atoms with Gasteiger partial charge in [-0.15, -0.1) is 0 Å². The zero-order chi connectivity index (χ0) is 34.0. The predicted octanol–water partition coefficient (Wildman–Crippen LogP) is 8.73. The predicted molar refractivity (Wildman–Crippen MR) is 188 cm³/mol. The highest BCUT2D eigenvalue weighted by molar-refractivity contribution is 5.91. The third kappa shape index (κ3) is 10.5. The molecule has 0 bridgehead atoms. The van der Waals surface area contributed by atoms with Gasteiger partial charge in [0.15, 0.2) is 12.6 Å². The molecule has 1 N–H and O–H groups in total. The smallest absolute Gasteiger partial charge is 0.343 e. The first-order valence-corrected chi connectivity index (χ1v) is 18.4. The fraction of sp³-hybridized carbons (Fsp3) is 0.537. The van der Waals surface area contributed by atoms with Gasteiger partial charge in [-0.1, -0.05) is 51.0 Å². The second-order valence-electron chi connectivity index (χ2n) is 13.9. The Morgan fingerprint density at radius 2 is 1.18 bits per heavy atom. The number of hydrogen-bond donors (Lipinski definition) is 1. The van der Waals surface area contributed by atoms with Crippen LogP contribution in [-0.2, 0) is 14.2 Å². The van der Waals surface area contributed by atoms with Gasteiger partial charge in [0, 0.05) is 12.8 Å². The van der Waals surface area contributed by atoms with Crippen LogP contribution in [-0.4, -0.2) is 55.2 Å². The fourth-order valence-corrected chi connectivity index (χ4v) is 6.84. The lowest BCUT2D eigenvalue weighted by Gasteiger charge is -2.27. The van der Waals surface area contributed by atoms with E-state index in [2.05, 4.69) is 13.8 Å². The molecule has 3 aromatic rings. The third-order valence-electron chi connectivity index (χ3n) is 9.89. The van der Waals surface area contributed by atoms with Gasteiger partial charge in [-0.05, 0) is 116 Å². The van der Waals surface area contributed by atoms with E-state index in [0.717, 1.165) is 87.7 Å². The maximum atomic E-state index is 12.9. The van der Waals surface area contributed by atoms with E-state index in [1.165, 1.54) is 6.42 Å². The van der Waals surface area contributed by atoms with Gasteiger partial charge >= 0.3 is 5.97 Å². The molecule has 5 atom stereocenters. The molecule has 5 unspecified atom stereocenters. The van der Waals surface area contributed by atoms with Gasteiger partial charge in [-0.3, -0.25) is 0 Å². The number of rotatable bonds is 17. The molecule has 0 radical (unpaired) electrons. The second kappa shape index (κ2) is 17.5. The molecule has 49 heavy (non-hydrogen) atoms. The first-order chi connectivity index (χ1) is 23.9. The number of carbonyl (C=O) groups excluding carboxylic acids is 1. The van der Waals surface area contributed by atoms with Crippen LogP contribution in [0.25, 0.3) is 11.1 Å². The van der Waals surface area contributed by atoms with Crippen LogP contribution >= 0.6 is 0 Å². The minimum atomic E-state index is -0.431. The van der Waals surface area contributed by atoms with Crippen molar-refractivity contribution < 1.29 is 38.3 Å². The molecule has 2 saturated carbocycles. The molecule has 3 aliphatic rings. The van der Waals surface area contributed by atoms with E-state index in [4.69, 9.17) is 28.4 Å². The number of epoxide rings is 1. The molecule has 3 fully saturated rings. The Hall–Kier alpha value is -3.43. The van der Waals surface area contributed by atoms with Crippen molar-refractivity contribution in [3.8, 4) is 28.4 Å². The van der Waals surface area contributed by atoms with E-state index >= 15 is 0 Å². The molecule has 1 saturated heterocycles. The monoisotopic (exact) mass is 672 g/mol. The summed E-state index contributed by atoms with van der Waals surface area (Å²) in [6, 6.07) is 22.5. The molecule has 0 aromatic heterocycles. The van der Waals surface area contributed by atoms with Gasteiger partial charge in [0.1, 0.15) is 17.2 Å². The number of benzene rings is 3. The van der Waals surface area contributed by atoms with E-state index in [0.29, 0.717) is 47.7 Å². The van der Waals surface area contributed by atoms with Crippen LogP contribution in [0.15, 0.2) is 72.8 Å². The molecule has 264 valence electrons. The Labute approximate surface area is 291 Å². The van der Waals surface area contributed by atoms with Crippen molar-refractivity contribution in [1.82, 2.24) is 0 Å². The maximum absolute atomic E-state index is 12.9. The van der Waals surface area contributed by atoms with Crippen LogP contribution in [0.3, 0.4) is 0 Å². The summed E-state index contributed by atoms with van der Waals surface area (Å²) in [5.74, 6) is 2.48. The SMILES string of the molecule is CCCC(OCC1CCC(O)CC1)Oc1ccc(C(=O)Oc2ccc(-c3ccc(OC(CCC)OCC4CCC5OC5C4)cc3)cc2)cc1. The number of aliphatic hydroxyl groups is 1. The summed E-state index contributed by atoms with van der Waals surface area (Å²) in [5.41, 5.74) is 2.49. The van der Waals surface area contributed by atoms with E-state index in [-0.39, 0.29) is 18.7 Å². The Balaban J connectivity index is 0.958. The Morgan fingerprint density at radius 1 is 0.673 bits per heavy atom. The minimum absolute atomic E-state index is 0.171. The molecule has 8 heteroatoms. The molecule has 3 aromatic carbocycles. The largest absolute Gasteiger partial charge is 0.465 e. The van der Waals surface area contributed by atoms with E-state index in [1.54, 1.807) is 36.4 Å². The normalized spacial score (nSPS) is 24.3. The third-order valence-corrected chi connectivity index (χ3v) is 9.89. The van der Waals surface area contributed by atoms with Crippen molar-refractivity contribution in [3.63, 3.8) is 0 Å². The first-order valence-electron chi connectivity index (χ1n) is 18.4. The van der Waals surface area contributed by atoms with Crippen molar-refractivity contribution in [2.75, 3.05) is 13.2 Å². The van der Waals surface area contributed by atoms with E-state index in [9.17, 15) is 9.90 Å². The van der Waals surface area contributed by atoms with Gasteiger partial charge < -0.3 is 33.5 Å². The molecule has 2 aliphatic carbocycles. The van der Waals surface area contributed by atoms with Crippen LogP contribution in [0.5, 0.6) is 17.2 Å². The summed E-state index contributed by atoms with van der Waals surface area (Å²) in [5, 5.41) is 9.76. The average Bonchev–Trinajstić information content (AvgIpc) is 3.91. The number of aliphatic hydroxyl groups excluding tert-OH is 1. The number of carbonyl (C=O) groups is 1. The zero-order valence-corrected chi connectivity index (χ0v) is 29.0. The summed E-state index contributed by atoms with van der Waals surface area (Å²) >= 11 is 0. The van der Waals surface area contributed by atoms with Crippen molar-refractivity contribution in [2.24, 2.45) is 11.8 Å². The molecule has 1 aliphatic heterocycles. The molecule has 0 amide bonds. The number of ether oxygens (including phenoxy) is 6. The minimum Gasteiger partial charge on any atom is -0.465 e. The Kier molecular flexibility index (Phi) is 12.6. The van der Waals surface area contributed by atoms with Gasteiger partial charge in [-0.25, -0.2) is 4.79 Å². The number of esters is 1. The van der Waals surface area contributed by atoms with Gasteiger partial charge in [0.25, 0.3) is 0 Å². The number of hydrogen-bond acceptors (Lipinski definition) is 8.